The Balaban J connectivity index is 1.99. The van der Waals surface area contributed by atoms with Crippen LogP contribution in [0.15, 0.2) is 60.7 Å². The fraction of sp³-hybridized carbons (Fsp3) is 0.136. The van der Waals surface area contributed by atoms with E-state index in [1.165, 1.54) is 0 Å². The minimum Gasteiger partial charge on any atom is -0.497 e. The molecule has 2 aromatic heterocycles. The number of pyridine rings is 1. The largest absolute Gasteiger partial charge is 0.497 e. The number of methoxy groups -OCH3 is 1. The number of benzene rings is 2. The fourth-order valence-electron chi connectivity index (χ4n) is 3.35. The van der Waals surface area contributed by atoms with Crippen molar-refractivity contribution < 1.29 is 17.9 Å². The predicted molar refractivity (Wildman–Crippen MR) is 118 cm³/mol. The van der Waals surface area contributed by atoms with Crippen LogP contribution in [0.25, 0.3) is 28.0 Å². The van der Waals surface area contributed by atoms with Crippen LogP contribution in [0.1, 0.15) is 16.1 Å². The Labute approximate surface area is 179 Å². The fourth-order valence-corrected chi connectivity index (χ4v) is 3.80. The molecule has 0 aliphatic rings. The molecule has 1 amide bonds. The molecule has 9 heteroatoms. The van der Waals surface area contributed by atoms with E-state index in [2.05, 4.69) is 5.10 Å². The van der Waals surface area contributed by atoms with Gasteiger partial charge in [0.2, 0.25) is 10.0 Å². The van der Waals surface area contributed by atoms with E-state index >= 15 is 0 Å². The van der Waals surface area contributed by atoms with Crippen LogP contribution in [0.2, 0.25) is 0 Å². The van der Waals surface area contributed by atoms with Gasteiger partial charge in [-0.25, -0.2) is 22.8 Å². The number of aromatic nitrogens is 3. The van der Waals surface area contributed by atoms with Crippen LogP contribution in [-0.4, -0.2) is 42.5 Å². The van der Waals surface area contributed by atoms with Crippen molar-refractivity contribution in [2.45, 2.75) is 6.92 Å². The van der Waals surface area contributed by atoms with Crippen LogP contribution in [0.3, 0.4) is 0 Å². The quantitative estimate of drug-likeness (QED) is 0.516. The molecule has 4 rings (SSSR count). The van der Waals surface area contributed by atoms with E-state index in [4.69, 9.17) is 9.72 Å². The number of aryl methyl sites for hydroxylation is 1. The summed E-state index contributed by atoms with van der Waals surface area (Å²) in [6, 6.07) is 18.2. The summed E-state index contributed by atoms with van der Waals surface area (Å²) >= 11 is 0. The molecule has 0 saturated carbocycles. The first-order chi connectivity index (χ1) is 14.8. The number of hydrogen-bond acceptors (Lipinski definition) is 6. The lowest BCUT2D eigenvalue weighted by Gasteiger charge is -2.10. The Morgan fingerprint density at radius 2 is 1.74 bits per heavy atom. The number of nitrogens with zero attached hydrogens (tertiary/aromatic N) is 3. The Morgan fingerprint density at radius 1 is 1.06 bits per heavy atom. The lowest BCUT2D eigenvalue weighted by molar-refractivity contribution is 0.0983. The SMILES string of the molecule is COc1ccc(-c2cc(C(=O)NS(C)(=O)=O)c3c(C)nn(-c4ccccc4)c3n2)cc1. The van der Waals surface area contributed by atoms with Gasteiger partial charge in [-0.1, -0.05) is 18.2 Å². The summed E-state index contributed by atoms with van der Waals surface area (Å²) in [6.07, 6.45) is 0.938. The Bertz CT molecular complexity index is 1380. The van der Waals surface area contributed by atoms with Gasteiger partial charge in [-0.2, -0.15) is 5.10 Å². The van der Waals surface area contributed by atoms with Gasteiger partial charge in [-0.3, -0.25) is 4.79 Å². The van der Waals surface area contributed by atoms with E-state index in [9.17, 15) is 13.2 Å². The van der Waals surface area contributed by atoms with Crippen LogP contribution in [-0.2, 0) is 10.0 Å². The summed E-state index contributed by atoms with van der Waals surface area (Å²) in [6.45, 7) is 1.76. The third kappa shape index (κ3) is 4.13. The number of rotatable bonds is 5. The van der Waals surface area contributed by atoms with E-state index in [-0.39, 0.29) is 5.56 Å². The third-order valence-electron chi connectivity index (χ3n) is 4.72. The zero-order valence-corrected chi connectivity index (χ0v) is 18.0. The van der Waals surface area contributed by atoms with Crippen LogP contribution in [0.5, 0.6) is 5.75 Å². The molecule has 2 heterocycles. The predicted octanol–water partition coefficient (Wildman–Crippen LogP) is 3.09. The second-order valence-electron chi connectivity index (χ2n) is 7.02. The molecule has 0 atom stereocenters. The molecule has 2 aromatic carbocycles. The molecule has 8 nitrogen and oxygen atoms in total. The molecule has 4 aromatic rings. The van der Waals surface area contributed by atoms with Crippen molar-refractivity contribution in [3.63, 3.8) is 0 Å². The van der Waals surface area contributed by atoms with Crippen LogP contribution >= 0.6 is 0 Å². The van der Waals surface area contributed by atoms with Crippen molar-refractivity contribution in [1.29, 1.82) is 0 Å². The molecule has 1 N–H and O–H groups in total. The molecule has 0 radical (unpaired) electrons. The topological polar surface area (TPSA) is 103 Å². The summed E-state index contributed by atoms with van der Waals surface area (Å²) in [4.78, 5) is 17.6. The standard InChI is InChI=1S/C22H20N4O4S/c1-14-20-18(22(27)25-31(3,28)29)13-19(15-9-11-17(30-2)12-10-15)23-21(20)26(24-14)16-7-5-4-6-8-16/h4-13H,1-3H3,(H,25,27). The average molecular weight is 436 g/mol. The second-order valence-corrected chi connectivity index (χ2v) is 8.77. The maximum atomic E-state index is 12.9. The van der Waals surface area contributed by atoms with Crippen molar-refractivity contribution in [3.8, 4) is 22.7 Å². The zero-order valence-electron chi connectivity index (χ0n) is 17.2. The summed E-state index contributed by atoms with van der Waals surface area (Å²) in [5.41, 5.74) is 3.22. The minimum absolute atomic E-state index is 0.181. The first-order valence-electron chi connectivity index (χ1n) is 9.39. The number of hydrogen-bond donors (Lipinski definition) is 1. The molecule has 0 saturated heterocycles. The van der Waals surface area contributed by atoms with Crippen LogP contribution < -0.4 is 9.46 Å². The Morgan fingerprint density at radius 3 is 2.35 bits per heavy atom. The monoisotopic (exact) mass is 436 g/mol. The van der Waals surface area contributed by atoms with E-state index in [0.29, 0.717) is 28.2 Å². The summed E-state index contributed by atoms with van der Waals surface area (Å²) < 4.78 is 32.3. The van der Waals surface area contributed by atoms with Gasteiger partial charge < -0.3 is 4.74 Å². The molecule has 0 unspecified atom stereocenters. The maximum absolute atomic E-state index is 12.9. The van der Waals surface area contributed by atoms with Crippen molar-refractivity contribution in [3.05, 3.63) is 71.9 Å². The number of amides is 1. The van der Waals surface area contributed by atoms with Crippen molar-refractivity contribution in [1.82, 2.24) is 19.5 Å². The van der Waals surface area contributed by atoms with E-state index in [0.717, 1.165) is 17.5 Å². The number of carbonyl (C=O) groups is 1. The highest BCUT2D eigenvalue weighted by Gasteiger charge is 2.22. The third-order valence-corrected chi connectivity index (χ3v) is 5.28. The summed E-state index contributed by atoms with van der Waals surface area (Å²) in [7, 11) is -2.17. The minimum atomic E-state index is -3.75. The molecular formula is C22H20N4O4S. The summed E-state index contributed by atoms with van der Waals surface area (Å²) in [5.74, 6) is -0.0505. The molecule has 0 aliphatic heterocycles. The first-order valence-corrected chi connectivity index (χ1v) is 11.3. The molecular weight excluding hydrogens is 416 g/mol. The van der Waals surface area contributed by atoms with E-state index < -0.39 is 15.9 Å². The van der Waals surface area contributed by atoms with Gasteiger partial charge in [-0.15, -0.1) is 0 Å². The smallest absolute Gasteiger partial charge is 0.265 e. The highest BCUT2D eigenvalue weighted by Crippen LogP contribution is 2.29. The normalized spacial score (nSPS) is 11.5. The number of ether oxygens (including phenoxy) is 1. The molecule has 0 spiro atoms. The highest BCUT2D eigenvalue weighted by atomic mass is 32.2. The maximum Gasteiger partial charge on any atom is 0.265 e. The average Bonchev–Trinajstić information content (AvgIpc) is 3.09. The lowest BCUT2D eigenvalue weighted by atomic mass is 10.0. The van der Waals surface area contributed by atoms with Crippen molar-refractivity contribution in [2.75, 3.05) is 13.4 Å². The van der Waals surface area contributed by atoms with Gasteiger partial charge in [-0.05, 0) is 49.4 Å². The van der Waals surface area contributed by atoms with Crippen LogP contribution in [0.4, 0.5) is 0 Å². The number of sulfonamides is 1. The summed E-state index contributed by atoms with van der Waals surface area (Å²) in [5, 5.41) is 5.05. The van der Waals surface area contributed by atoms with Gasteiger partial charge >= 0.3 is 0 Å². The molecule has 0 aliphatic carbocycles. The highest BCUT2D eigenvalue weighted by molar-refractivity contribution is 7.89. The van der Waals surface area contributed by atoms with Gasteiger partial charge in [0.15, 0.2) is 5.65 Å². The molecule has 0 fully saturated rings. The zero-order chi connectivity index (χ0) is 22.2. The number of para-hydroxylation sites is 1. The lowest BCUT2D eigenvalue weighted by Crippen LogP contribution is -2.29. The van der Waals surface area contributed by atoms with Crippen molar-refractivity contribution >= 4 is 27.0 Å². The van der Waals surface area contributed by atoms with Crippen molar-refractivity contribution in [2.24, 2.45) is 0 Å². The molecule has 31 heavy (non-hydrogen) atoms. The van der Waals surface area contributed by atoms with Gasteiger partial charge in [0, 0.05) is 5.56 Å². The number of fused-ring (bicyclic) bond motifs is 1. The van der Waals surface area contributed by atoms with Gasteiger partial charge in [0.05, 0.1) is 41.4 Å². The Hall–Kier alpha value is -3.72. The number of carbonyl (C=O) groups excluding carboxylic acids is 1. The van der Waals surface area contributed by atoms with E-state index in [1.807, 2.05) is 47.2 Å². The Kier molecular flexibility index (Phi) is 5.20. The molecule has 0 bridgehead atoms. The second kappa shape index (κ2) is 7.84. The van der Waals surface area contributed by atoms with Gasteiger partial charge in [0.1, 0.15) is 5.75 Å². The van der Waals surface area contributed by atoms with Crippen LogP contribution in [0, 0.1) is 6.92 Å². The molecule has 158 valence electrons. The van der Waals surface area contributed by atoms with E-state index in [1.54, 1.807) is 36.9 Å². The first kappa shape index (κ1) is 20.5. The van der Waals surface area contributed by atoms with Gasteiger partial charge in [0.25, 0.3) is 5.91 Å². The number of nitrogens with one attached hydrogen (secondary N) is 1.